The zero-order chi connectivity index (χ0) is 26.0. The van der Waals surface area contributed by atoms with E-state index in [2.05, 4.69) is 20.7 Å². The van der Waals surface area contributed by atoms with E-state index in [0.717, 1.165) is 22.2 Å². The molecule has 1 aliphatic heterocycles. The summed E-state index contributed by atoms with van der Waals surface area (Å²) in [5.74, 6) is -0.498. The summed E-state index contributed by atoms with van der Waals surface area (Å²) in [4.78, 5) is 38.1. The lowest BCUT2D eigenvalue weighted by Gasteiger charge is -2.12. The molecular weight excluding hydrogens is 617 g/mol. The number of hydrogen-bond donors (Lipinski definition) is 0. The molecule has 2 heterocycles. The molecule has 0 aliphatic carbocycles. The van der Waals surface area contributed by atoms with Gasteiger partial charge in [-0.3, -0.25) is 14.5 Å². The van der Waals surface area contributed by atoms with Crippen LogP contribution in [0.3, 0.4) is 0 Å². The van der Waals surface area contributed by atoms with Gasteiger partial charge in [-0.1, -0.05) is 40.9 Å². The Morgan fingerprint density at radius 1 is 1.11 bits per heavy atom. The van der Waals surface area contributed by atoms with E-state index in [1.54, 1.807) is 36.4 Å². The molecule has 0 saturated carbocycles. The van der Waals surface area contributed by atoms with Gasteiger partial charge in [0.1, 0.15) is 12.4 Å². The lowest BCUT2D eigenvalue weighted by Crippen LogP contribution is -2.27. The second-order valence-electron chi connectivity index (χ2n) is 7.36. The molecule has 1 aliphatic rings. The molecule has 7 nitrogen and oxygen atoms in total. The summed E-state index contributed by atoms with van der Waals surface area (Å²) in [6.07, 6.45) is 1.56. The number of thioether (sulfide) groups is 1. The average Bonchev–Trinajstić information content (AvgIpc) is 3.39. The SMILES string of the molecule is COC(=O)c1ccc(CN2C(=O)S/C(=C/c3cc(Cl)c(OCc4ccc(Cl)cc4Cl)c(Br)c3)C2=O)o1. The third-order valence-electron chi connectivity index (χ3n) is 4.94. The number of carbonyl (C=O) groups excluding carboxylic acids is 3. The highest BCUT2D eigenvalue weighted by Crippen LogP contribution is 2.38. The lowest BCUT2D eigenvalue weighted by molar-refractivity contribution is -0.123. The Kier molecular flexibility index (Phi) is 8.37. The van der Waals surface area contributed by atoms with Crippen LogP contribution >= 0.6 is 62.5 Å². The molecule has 0 atom stereocenters. The Hall–Kier alpha value is -2.43. The summed E-state index contributed by atoms with van der Waals surface area (Å²) in [6, 6.07) is 11.4. The van der Waals surface area contributed by atoms with Crippen molar-refractivity contribution in [2.75, 3.05) is 7.11 Å². The number of methoxy groups -OCH3 is 1. The fourth-order valence-electron chi connectivity index (χ4n) is 3.21. The molecule has 0 N–H and O–H groups in total. The van der Waals surface area contributed by atoms with E-state index in [0.29, 0.717) is 30.9 Å². The summed E-state index contributed by atoms with van der Waals surface area (Å²) in [5, 5.41) is 0.822. The van der Waals surface area contributed by atoms with Crippen LogP contribution in [-0.4, -0.2) is 29.1 Å². The van der Waals surface area contributed by atoms with Crippen LogP contribution in [-0.2, 0) is 22.7 Å². The number of halogens is 4. The second kappa shape index (κ2) is 11.3. The molecule has 0 spiro atoms. The first-order chi connectivity index (χ1) is 17.2. The summed E-state index contributed by atoms with van der Waals surface area (Å²) >= 11 is 22.8. The van der Waals surface area contributed by atoms with Crippen LogP contribution in [0.2, 0.25) is 15.1 Å². The molecule has 12 heteroatoms. The minimum absolute atomic E-state index is 0.0184. The Labute approximate surface area is 233 Å². The van der Waals surface area contributed by atoms with Crippen molar-refractivity contribution in [2.24, 2.45) is 0 Å². The number of hydrogen-bond acceptors (Lipinski definition) is 7. The number of carbonyl (C=O) groups is 3. The molecule has 3 aromatic rings. The number of benzene rings is 2. The van der Waals surface area contributed by atoms with Crippen LogP contribution in [0.25, 0.3) is 6.08 Å². The van der Waals surface area contributed by atoms with Gasteiger partial charge < -0.3 is 13.9 Å². The van der Waals surface area contributed by atoms with Crippen molar-refractivity contribution >= 4 is 85.7 Å². The lowest BCUT2D eigenvalue weighted by atomic mass is 10.2. The van der Waals surface area contributed by atoms with E-state index in [4.69, 9.17) is 44.0 Å². The molecule has 1 saturated heterocycles. The highest BCUT2D eigenvalue weighted by molar-refractivity contribution is 9.10. The maximum Gasteiger partial charge on any atom is 0.373 e. The van der Waals surface area contributed by atoms with Crippen molar-refractivity contribution in [3.63, 3.8) is 0 Å². The molecule has 4 rings (SSSR count). The number of rotatable bonds is 7. The summed E-state index contributed by atoms with van der Waals surface area (Å²) in [5.41, 5.74) is 1.32. The Bertz CT molecular complexity index is 1380. The maximum atomic E-state index is 12.9. The number of ether oxygens (including phenoxy) is 2. The predicted octanol–water partition coefficient (Wildman–Crippen LogP) is 7.60. The third-order valence-corrected chi connectivity index (χ3v) is 7.31. The summed E-state index contributed by atoms with van der Waals surface area (Å²) in [7, 11) is 1.23. The van der Waals surface area contributed by atoms with Gasteiger partial charge in [0.25, 0.3) is 11.1 Å². The molecule has 1 aromatic heterocycles. The van der Waals surface area contributed by atoms with Crippen molar-refractivity contribution in [3.8, 4) is 5.75 Å². The Morgan fingerprint density at radius 2 is 1.89 bits per heavy atom. The zero-order valence-electron chi connectivity index (χ0n) is 18.3. The topological polar surface area (TPSA) is 86.0 Å². The fraction of sp³-hybridized carbons (Fsp3) is 0.125. The summed E-state index contributed by atoms with van der Waals surface area (Å²) < 4.78 is 16.3. The first-order valence-corrected chi connectivity index (χ1v) is 12.9. The van der Waals surface area contributed by atoms with Gasteiger partial charge in [-0.25, -0.2) is 4.79 Å². The van der Waals surface area contributed by atoms with E-state index in [1.165, 1.54) is 19.2 Å². The van der Waals surface area contributed by atoms with Gasteiger partial charge in [-0.05, 0) is 75.7 Å². The second-order valence-corrected chi connectivity index (χ2v) is 10.5. The number of furan rings is 1. The molecule has 36 heavy (non-hydrogen) atoms. The van der Waals surface area contributed by atoms with Gasteiger partial charge in [0.15, 0.2) is 5.75 Å². The predicted molar refractivity (Wildman–Crippen MR) is 142 cm³/mol. The molecule has 2 aromatic carbocycles. The smallest absolute Gasteiger partial charge is 0.373 e. The fourth-order valence-corrected chi connectivity index (χ4v) is 5.50. The van der Waals surface area contributed by atoms with Crippen molar-refractivity contribution in [3.05, 3.63) is 89.6 Å². The van der Waals surface area contributed by atoms with Crippen LogP contribution in [0, 0.1) is 0 Å². The first kappa shape index (κ1) is 26.6. The van der Waals surface area contributed by atoms with Gasteiger partial charge in [0.05, 0.1) is 28.1 Å². The standard InChI is InChI=1S/C24H15BrCl3NO6S/c1-33-23(31)19-5-4-15(35-19)10-29-22(30)20(36-24(29)32)8-12-6-16(25)21(18(28)7-12)34-11-13-2-3-14(26)9-17(13)27/h2-9H,10-11H2,1H3/b20-8+. The van der Waals surface area contributed by atoms with Crippen molar-refractivity contribution in [1.29, 1.82) is 0 Å². The van der Waals surface area contributed by atoms with Crippen LogP contribution in [0.1, 0.15) is 27.4 Å². The number of nitrogens with zero attached hydrogens (tertiary/aromatic N) is 1. The molecule has 2 amide bonds. The van der Waals surface area contributed by atoms with Gasteiger partial charge in [0, 0.05) is 15.6 Å². The average molecular weight is 632 g/mol. The maximum absolute atomic E-state index is 12.9. The van der Waals surface area contributed by atoms with Crippen molar-refractivity contribution in [1.82, 2.24) is 4.90 Å². The van der Waals surface area contributed by atoms with Crippen LogP contribution in [0.15, 0.2) is 56.3 Å². The monoisotopic (exact) mass is 629 g/mol. The Morgan fingerprint density at radius 3 is 2.58 bits per heavy atom. The van der Waals surface area contributed by atoms with E-state index in [1.807, 2.05) is 0 Å². The van der Waals surface area contributed by atoms with E-state index in [9.17, 15) is 14.4 Å². The van der Waals surface area contributed by atoms with E-state index < -0.39 is 17.1 Å². The van der Waals surface area contributed by atoms with Gasteiger partial charge >= 0.3 is 5.97 Å². The van der Waals surface area contributed by atoms with Crippen LogP contribution < -0.4 is 4.74 Å². The number of imide groups is 1. The Balaban J connectivity index is 1.48. The molecule has 186 valence electrons. The molecular formula is C24H15BrCl3NO6S. The normalized spacial score (nSPS) is 14.6. The first-order valence-electron chi connectivity index (χ1n) is 10.1. The minimum Gasteiger partial charge on any atom is -0.486 e. The van der Waals surface area contributed by atoms with Gasteiger partial charge in [0.2, 0.25) is 5.76 Å². The molecule has 1 fully saturated rings. The number of esters is 1. The quantitative estimate of drug-likeness (QED) is 0.196. The van der Waals surface area contributed by atoms with Gasteiger partial charge in [-0.2, -0.15) is 0 Å². The van der Waals surface area contributed by atoms with Crippen molar-refractivity contribution < 1.29 is 28.3 Å². The third kappa shape index (κ3) is 5.92. The van der Waals surface area contributed by atoms with Crippen LogP contribution in [0.4, 0.5) is 4.79 Å². The highest BCUT2D eigenvalue weighted by Gasteiger charge is 2.36. The van der Waals surface area contributed by atoms with Crippen LogP contribution in [0.5, 0.6) is 5.75 Å². The number of amides is 2. The largest absolute Gasteiger partial charge is 0.486 e. The molecule has 0 unspecified atom stereocenters. The zero-order valence-corrected chi connectivity index (χ0v) is 23.0. The van der Waals surface area contributed by atoms with E-state index >= 15 is 0 Å². The molecule has 0 bridgehead atoms. The minimum atomic E-state index is -0.651. The highest BCUT2D eigenvalue weighted by atomic mass is 79.9. The van der Waals surface area contributed by atoms with Crippen molar-refractivity contribution in [2.45, 2.75) is 13.2 Å². The molecule has 0 radical (unpaired) electrons. The van der Waals surface area contributed by atoms with E-state index in [-0.39, 0.29) is 29.6 Å². The summed E-state index contributed by atoms with van der Waals surface area (Å²) in [6.45, 7) is 0.0422. The van der Waals surface area contributed by atoms with Gasteiger partial charge in [-0.15, -0.1) is 0 Å².